The van der Waals surface area contributed by atoms with Crippen LogP contribution in [0.2, 0.25) is 0 Å². The molecule has 0 aromatic carbocycles. The predicted octanol–water partition coefficient (Wildman–Crippen LogP) is 3.21. The van der Waals surface area contributed by atoms with Crippen molar-refractivity contribution in [2.45, 2.75) is 19.9 Å². The lowest BCUT2D eigenvalue weighted by atomic mass is 10.2. The molecule has 4 heteroatoms. The highest BCUT2D eigenvalue weighted by molar-refractivity contribution is 7.11. The first kappa shape index (κ1) is 10.8. The molecule has 2 rings (SSSR count). The molecular weight excluding hydrogens is 224 g/mol. The van der Waals surface area contributed by atoms with Crippen LogP contribution in [0.5, 0.6) is 0 Å². The van der Waals surface area contributed by atoms with Gasteiger partial charge in [0.05, 0.1) is 17.2 Å². The van der Waals surface area contributed by atoms with Gasteiger partial charge in [0.1, 0.15) is 0 Å². The summed E-state index contributed by atoms with van der Waals surface area (Å²) in [4.78, 5) is 7.01. The molecule has 0 aliphatic rings. The van der Waals surface area contributed by atoms with E-state index in [9.17, 15) is 0 Å². The molecule has 80 valence electrons. The highest BCUT2D eigenvalue weighted by Gasteiger charge is 2.17. The van der Waals surface area contributed by atoms with Crippen LogP contribution in [0.4, 0.5) is 0 Å². The van der Waals surface area contributed by atoms with Gasteiger partial charge in [-0.15, -0.1) is 22.7 Å². The number of thiazole rings is 1. The van der Waals surface area contributed by atoms with Gasteiger partial charge in [-0.3, -0.25) is 0 Å². The quantitative estimate of drug-likeness (QED) is 0.884. The minimum atomic E-state index is 0.322. The normalized spacial score (nSPS) is 12.9. The highest BCUT2D eigenvalue weighted by Crippen LogP contribution is 2.30. The number of hydrogen-bond donors (Lipinski definition) is 1. The first-order chi connectivity index (χ1) is 7.33. The van der Waals surface area contributed by atoms with E-state index in [1.807, 2.05) is 5.51 Å². The van der Waals surface area contributed by atoms with Gasteiger partial charge in [-0.25, -0.2) is 4.98 Å². The van der Waals surface area contributed by atoms with Gasteiger partial charge >= 0.3 is 0 Å². The van der Waals surface area contributed by atoms with E-state index < -0.39 is 0 Å². The third kappa shape index (κ3) is 2.27. The Labute approximate surface area is 98.0 Å². The average molecular weight is 238 g/mol. The van der Waals surface area contributed by atoms with Crippen molar-refractivity contribution in [3.63, 3.8) is 0 Å². The molecular formula is C11H14N2S2. The van der Waals surface area contributed by atoms with Gasteiger partial charge < -0.3 is 5.32 Å². The molecule has 1 unspecified atom stereocenters. The number of aryl methyl sites for hydroxylation is 1. The van der Waals surface area contributed by atoms with Gasteiger partial charge in [-0.1, -0.05) is 13.0 Å². The number of hydrogen-bond acceptors (Lipinski definition) is 4. The van der Waals surface area contributed by atoms with E-state index in [0.29, 0.717) is 6.04 Å². The van der Waals surface area contributed by atoms with Crippen molar-refractivity contribution in [3.8, 4) is 0 Å². The smallest absolute Gasteiger partial charge is 0.0798 e. The summed E-state index contributed by atoms with van der Waals surface area (Å²) in [6.07, 6.45) is 0. The number of rotatable bonds is 4. The van der Waals surface area contributed by atoms with Gasteiger partial charge in [0.25, 0.3) is 0 Å². The summed E-state index contributed by atoms with van der Waals surface area (Å²) in [5.41, 5.74) is 3.06. The monoisotopic (exact) mass is 238 g/mol. The molecule has 0 bridgehead atoms. The van der Waals surface area contributed by atoms with Crippen molar-refractivity contribution < 1.29 is 0 Å². The first-order valence-electron chi connectivity index (χ1n) is 4.99. The maximum Gasteiger partial charge on any atom is 0.0798 e. The second kappa shape index (κ2) is 4.88. The fourth-order valence-electron chi connectivity index (χ4n) is 1.57. The molecule has 2 heterocycles. The van der Waals surface area contributed by atoms with Crippen LogP contribution in [0, 0.1) is 6.92 Å². The van der Waals surface area contributed by atoms with Crippen LogP contribution in [0.1, 0.15) is 28.4 Å². The second-order valence-corrected chi connectivity index (χ2v) is 5.17. The fraction of sp³-hybridized carbons (Fsp3) is 0.364. The van der Waals surface area contributed by atoms with Crippen LogP contribution < -0.4 is 5.32 Å². The molecule has 0 saturated carbocycles. The molecule has 2 aromatic rings. The second-order valence-electron chi connectivity index (χ2n) is 3.31. The number of aromatic nitrogens is 1. The van der Waals surface area contributed by atoms with E-state index in [2.05, 4.69) is 41.7 Å². The Morgan fingerprint density at radius 2 is 2.33 bits per heavy atom. The van der Waals surface area contributed by atoms with Crippen LogP contribution in [0.25, 0.3) is 0 Å². The zero-order chi connectivity index (χ0) is 10.7. The molecule has 1 atom stereocenters. The van der Waals surface area contributed by atoms with E-state index in [-0.39, 0.29) is 0 Å². The van der Waals surface area contributed by atoms with Gasteiger partial charge in [0.15, 0.2) is 0 Å². The summed E-state index contributed by atoms with van der Waals surface area (Å²) in [6.45, 7) is 5.18. The van der Waals surface area contributed by atoms with E-state index >= 15 is 0 Å². The Morgan fingerprint density at radius 3 is 2.87 bits per heavy atom. The Balaban J connectivity index is 2.32. The fourth-order valence-corrected chi connectivity index (χ4v) is 3.35. The Kier molecular flexibility index (Phi) is 3.51. The van der Waals surface area contributed by atoms with E-state index in [4.69, 9.17) is 0 Å². The lowest BCUT2D eigenvalue weighted by Crippen LogP contribution is -2.20. The molecule has 2 nitrogen and oxygen atoms in total. The van der Waals surface area contributed by atoms with Crippen LogP contribution in [0.3, 0.4) is 0 Å². The molecule has 2 aromatic heterocycles. The predicted molar refractivity (Wildman–Crippen MR) is 66.7 cm³/mol. The maximum atomic E-state index is 4.31. The SMILES string of the molecule is CCNC(c1cccs1)c1scnc1C. The molecule has 15 heavy (non-hydrogen) atoms. The largest absolute Gasteiger partial charge is 0.305 e. The lowest BCUT2D eigenvalue weighted by Gasteiger charge is -2.15. The lowest BCUT2D eigenvalue weighted by molar-refractivity contribution is 0.644. The summed E-state index contributed by atoms with van der Waals surface area (Å²) in [5.74, 6) is 0. The van der Waals surface area contributed by atoms with Crippen LogP contribution in [0.15, 0.2) is 23.0 Å². The van der Waals surface area contributed by atoms with Crippen molar-refractivity contribution in [1.82, 2.24) is 10.3 Å². The third-order valence-electron chi connectivity index (χ3n) is 2.28. The Bertz CT molecular complexity index is 406. The summed E-state index contributed by atoms with van der Waals surface area (Å²) in [6, 6.07) is 4.60. The molecule has 1 N–H and O–H groups in total. The summed E-state index contributed by atoms with van der Waals surface area (Å²) < 4.78 is 0. The topological polar surface area (TPSA) is 24.9 Å². The summed E-state index contributed by atoms with van der Waals surface area (Å²) in [7, 11) is 0. The van der Waals surface area contributed by atoms with Gasteiger partial charge in [0.2, 0.25) is 0 Å². The van der Waals surface area contributed by atoms with E-state index in [0.717, 1.165) is 12.2 Å². The molecule has 0 aliphatic heterocycles. The number of nitrogens with one attached hydrogen (secondary N) is 1. The van der Waals surface area contributed by atoms with Crippen LogP contribution >= 0.6 is 22.7 Å². The van der Waals surface area contributed by atoms with E-state index in [1.54, 1.807) is 22.7 Å². The van der Waals surface area contributed by atoms with Crippen molar-refractivity contribution in [1.29, 1.82) is 0 Å². The molecule has 0 saturated heterocycles. The minimum Gasteiger partial charge on any atom is -0.305 e. The Hall–Kier alpha value is -0.710. The first-order valence-corrected chi connectivity index (χ1v) is 6.75. The van der Waals surface area contributed by atoms with Gasteiger partial charge in [0, 0.05) is 9.75 Å². The molecule has 0 spiro atoms. The van der Waals surface area contributed by atoms with Crippen molar-refractivity contribution >= 4 is 22.7 Å². The minimum absolute atomic E-state index is 0.322. The zero-order valence-electron chi connectivity index (χ0n) is 8.86. The summed E-state index contributed by atoms with van der Waals surface area (Å²) in [5, 5.41) is 5.63. The van der Waals surface area contributed by atoms with Crippen LogP contribution in [-0.4, -0.2) is 11.5 Å². The summed E-state index contributed by atoms with van der Waals surface area (Å²) >= 11 is 3.52. The van der Waals surface area contributed by atoms with Gasteiger partial charge in [-0.05, 0) is 24.9 Å². The Morgan fingerprint density at radius 1 is 1.47 bits per heavy atom. The molecule has 0 aliphatic carbocycles. The van der Waals surface area contributed by atoms with Crippen molar-refractivity contribution in [2.75, 3.05) is 6.54 Å². The number of thiophene rings is 1. The number of nitrogens with zero attached hydrogens (tertiary/aromatic N) is 1. The standard InChI is InChI=1S/C11H14N2S2/c1-3-12-10(9-5-4-6-14-9)11-8(2)13-7-15-11/h4-7,10,12H,3H2,1-2H3. The van der Waals surface area contributed by atoms with Crippen LogP contribution in [-0.2, 0) is 0 Å². The van der Waals surface area contributed by atoms with Crippen molar-refractivity contribution in [2.24, 2.45) is 0 Å². The van der Waals surface area contributed by atoms with Gasteiger partial charge in [-0.2, -0.15) is 0 Å². The van der Waals surface area contributed by atoms with E-state index in [1.165, 1.54) is 9.75 Å². The third-order valence-corrected chi connectivity index (χ3v) is 4.21. The highest BCUT2D eigenvalue weighted by atomic mass is 32.1. The molecule has 0 amide bonds. The molecule has 0 radical (unpaired) electrons. The van der Waals surface area contributed by atoms with Crippen molar-refractivity contribution in [3.05, 3.63) is 38.5 Å². The average Bonchev–Trinajstić information content (AvgIpc) is 2.85. The molecule has 0 fully saturated rings. The zero-order valence-corrected chi connectivity index (χ0v) is 10.5. The maximum absolute atomic E-state index is 4.31.